The molecule has 1 aromatic rings. The van der Waals surface area contributed by atoms with Gasteiger partial charge in [-0.15, -0.1) is 0 Å². The zero-order valence-electron chi connectivity index (χ0n) is 7.71. The van der Waals surface area contributed by atoms with Gasteiger partial charge in [-0.1, -0.05) is 12.2 Å². The van der Waals surface area contributed by atoms with Crippen LogP contribution in [0.2, 0.25) is 0 Å². The third kappa shape index (κ3) is 1.57. The third-order valence-electron chi connectivity index (χ3n) is 2.07. The Labute approximate surface area is 77.3 Å². The Bertz CT molecular complexity index is 366. The van der Waals surface area contributed by atoms with E-state index < -0.39 is 0 Å². The largest absolute Gasteiger partial charge is 0.275 e. The summed E-state index contributed by atoms with van der Waals surface area (Å²) in [5.74, 6) is -0.210. The average molecular weight is 176 g/mol. The fraction of sp³-hybridized carbons (Fsp3) is 0.273. The molecule has 2 rings (SSSR count). The van der Waals surface area contributed by atoms with E-state index in [1.165, 1.54) is 12.1 Å². The molecule has 0 aliphatic carbocycles. The SMILES string of the molecule is CC1(C)C=Cc2cc(F)ccc2[N]1. The van der Waals surface area contributed by atoms with Gasteiger partial charge in [0.2, 0.25) is 0 Å². The van der Waals surface area contributed by atoms with Crippen LogP contribution in [0, 0.1) is 5.82 Å². The van der Waals surface area contributed by atoms with Gasteiger partial charge in [0.25, 0.3) is 0 Å². The molecule has 0 atom stereocenters. The molecule has 1 heterocycles. The van der Waals surface area contributed by atoms with Crippen LogP contribution in [0.1, 0.15) is 19.4 Å². The molecule has 0 bridgehead atoms. The average Bonchev–Trinajstić information content (AvgIpc) is 2.05. The van der Waals surface area contributed by atoms with Crippen LogP contribution in [-0.2, 0) is 0 Å². The molecule has 0 fully saturated rings. The molecule has 2 heteroatoms. The predicted octanol–water partition coefficient (Wildman–Crippen LogP) is 2.87. The summed E-state index contributed by atoms with van der Waals surface area (Å²) in [7, 11) is 0. The first-order valence-corrected chi connectivity index (χ1v) is 4.28. The molecule has 0 N–H and O–H groups in total. The first-order chi connectivity index (χ1) is 6.07. The van der Waals surface area contributed by atoms with Crippen LogP contribution >= 0.6 is 0 Å². The minimum Gasteiger partial charge on any atom is -0.275 e. The summed E-state index contributed by atoms with van der Waals surface area (Å²) >= 11 is 0. The Balaban J connectivity index is 2.47. The molecule has 13 heavy (non-hydrogen) atoms. The number of benzene rings is 1. The number of nitrogens with zero attached hydrogens (tertiary/aromatic N) is 1. The summed E-state index contributed by atoms with van der Waals surface area (Å²) in [5, 5.41) is 4.47. The van der Waals surface area contributed by atoms with E-state index in [1.807, 2.05) is 26.0 Å². The van der Waals surface area contributed by atoms with Crippen LogP contribution in [-0.4, -0.2) is 5.54 Å². The fourth-order valence-electron chi connectivity index (χ4n) is 1.40. The molecule has 1 aromatic carbocycles. The molecular weight excluding hydrogens is 165 g/mol. The first kappa shape index (κ1) is 8.30. The standard InChI is InChI=1S/C11H11FN/c1-11(2)6-5-8-7-9(12)3-4-10(8)13-11/h3-7H,1-2H3. The predicted molar refractivity (Wildman–Crippen MR) is 51.3 cm³/mol. The molecule has 0 saturated heterocycles. The van der Waals surface area contributed by atoms with Gasteiger partial charge in [0.1, 0.15) is 5.82 Å². The van der Waals surface area contributed by atoms with E-state index in [1.54, 1.807) is 6.07 Å². The van der Waals surface area contributed by atoms with Crippen LogP contribution in [0.5, 0.6) is 0 Å². The smallest absolute Gasteiger partial charge is 0.123 e. The van der Waals surface area contributed by atoms with E-state index in [-0.39, 0.29) is 11.4 Å². The molecule has 1 nitrogen and oxygen atoms in total. The van der Waals surface area contributed by atoms with E-state index in [0.29, 0.717) is 0 Å². The lowest BCUT2D eigenvalue weighted by Crippen LogP contribution is -2.29. The van der Waals surface area contributed by atoms with Gasteiger partial charge in [-0.3, -0.25) is 5.32 Å². The second-order valence-electron chi connectivity index (χ2n) is 3.80. The van der Waals surface area contributed by atoms with Gasteiger partial charge in [-0.2, -0.15) is 0 Å². The fourth-order valence-corrected chi connectivity index (χ4v) is 1.40. The summed E-state index contributed by atoms with van der Waals surface area (Å²) in [6, 6.07) is 4.66. The third-order valence-corrected chi connectivity index (χ3v) is 2.07. The van der Waals surface area contributed by atoms with Crippen LogP contribution in [0.15, 0.2) is 24.3 Å². The summed E-state index contributed by atoms with van der Waals surface area (Å²) in [6.45, 7) is 4.05. The lowest BCUT2D eigenvalue weighted by Gasteiger charge is -2.25. The van der Waals surface area contributed by atoms with E-state index in [4.69, 9.17) is 0 Å². The van der Waals surface area contributed by atoms with Crippen molar-refractivity contribution in [2.45, 2.75) is 19.4 Å². The maximum atomic E-state index is 12.8. The second-order valence-corrected chi connectivity index (χ2v) is 3.80. The first-order valence-electron chi connectivity index (χ1n) is 4.28. The molecule has 1 aliphatic rings. The minimum absolute atomic E-state index is 0.162. The Morgan fingerprint density at radius 1 is 1.31 bits per heavy atom. The van der Waals surface area contributed by atoms with Crippen molar-refractivity contribution in [3.05, 3.63) is 35.7 Å². The monoisotopic (exact) mass is 176 g/mol. The maximum Gasteiger partial charge on any atom is 0.123 e. The van der Waals surface area contributed by atoms with Crippen molar-refractivity contribution in [3.63, 3.8) is 0 Å². The highest BCUT2D eigenvalue weighted by molar-refractivity contribution is 5.67. The maximum absolute atomic E-state index is 12.8. The highest BCUT2D eigenvalue weighted by Gasteiger charge is 2.21. The van der Waals surface area contributed by atoms with Gasteiger partial charge >= 0.3 is 0 Å². The Kier molecular flexibility index (Phi) is 1.65. The van der Waals surface area contributed by atoms with Crippen LogP contribution < -0.4 is 5.32 Å². The molecule has 0 amide bonds. The molecular formula is C11H11FN. The summed E-state index contributed by atoms with van der Waals surface area (Å²) in [6.07, 6.45) is 3.90. The summed E-state index contributed by atoms with van der Waals surface area (Å²) in [5.41, 5.74) is 1.57. The number of fused-ring (bicyclic) bond motifs is 1. The van der Waals surface area contributed by atoms with Gasteiger partial charge in [0.15, 0.2) is 0 Å². The van der Waals surface area contributed by atoms with E-state index in [2.05, 4.69) is 5.32 Å². The summed E-state index contributed by atoms with van der Waals surface area (Å²) in [4.78, 5) is 0. The van der Waals surface area contributed by atoms with Crippen molar-refractivity contribution in [3.8, 4) is 0 Å². The number of halogens is 1. The zero-order chi connectivity index (χ0) is 9.47. The van der Waals surface area contributed by atoms with Crippen molar-refractivity contribution < 1.29 is 4.39 Å². The highest BCUT2D eigenvalue weighted by atomic mass is 19.1. The molecule has 0 spiro atoms. The quantitative estimate of drug-likeness (QED) is 0.577. The lowest BCUT2D eigenvalue weighted by molar-refractivity contribution is 0.544. The van der Waals surface area contributed by atoms with E-state index >= 15 is 0 Å². The van der Waals surface area contributed by atoms with Gasteiger partial charge in [0, 0.05) is 5.56 Å². The second kappa shape index (κ2) is 2.59. The minimum atomic E-state index is -0.210. The highest BCUT2D eigenvalue weighted by Crippen LogP contribution is 2.28. The molecule has 0 aromatic heterocycles. The topological polar surface area (TPSA) is 14.1 Å². The summed E-state index contributed by atoms with van der Waals surface area (Å²) < 4.78 is 12.8. The van der Waals surface area contributed by atoms with Gasteiger partial charge < -0.3 is 0 Å². The van der Waals surface area contributed by atoms with Crippen molar-refractivity contribution in [2.24, 2.45) is 0 Å². The molecule has 67 valence electrons. The van der Waals surface area contributed by atoms with Gasteiger partial charge in [0.05, 0.1) is 11.2 Å². The van der Waals surface area contributed by atoms with Crippen molar-refractivity contribution >= 4 is 11.8 Å². The molecule has 1 radical (unpaired) electrons. The van der Waals surface area contributed by atoms with Gasteiger partial charge in [-0.25, -0.2) is 4.39 Å². The van der Waals surface area contributed by atoms with Gasteiger partial charge in [-0.05, 0) is 32.0 Å². The van der Waals surface area contributed by atoms with E-state index in [9.17, 15) is 4.39 Å². The van der Waals surface area contributed by atoms with E-state index in [0.717, 1.165) is 11.3 Å². The Morgan fingerprint density at radius 2 is 2.08 bits per heavy atom. The lowest BCUT2D eigenvalue weighted by atomic mass is 9.97. The van der Waals surface area contributed by atoms with Crippen LogP contribution in [0.3, 0.4) is 0 Å². The van der Waals surface area contributed by atoms with Crippen molar-refractivity contribution in [1.29, 1.82) is 0 Å². The number of hydrogen-bond donors (Lipinski definition) is 0. The molecule has 0 saturated carbocycles. The number of hydrogen-bond acceptors (Lipinski definition) is 0. The Morgan fingerprint density at radius 3 is 2.85 bits per heavy atom. The zero-order valence-corrected chi connectivity index (χ0v) is 7.71. The van der Waals surface area contributed by atoms with Crippen LogP contribution in [0.25, 0.3) is 6.08 Å². The van der Waals surface area contributed by atoms with Crippen LogP contribution in [0.4, 0.5) is 10.1 Å². The van der Waals surface area contributed by atoms with Crippen molar-refractivity contribution in [1.82, 2.24) is 5.32 Å². The normalized spacial score (nSPS) is 17.8. The molecule has 0 unspecified atom stereocenters. The van der Waals surface area contributed by atoms with Crippen molar-refractivity contribution in [2.75, 3.05) is 0 Å². The number of rotatable bonds is 0. The molecule has 1 aliphatic heterocycles. The Hall–Kier alpha value is -1.31.